The van der Waals surface area contributed by atoms with Gasteiger partial charge in [-0.25, -0.2) is 14.5 Å². The molecule has 0 aliphatic carbocycles. The summed E-state index contributed by atoms with van der Waals surface area (Å²) in [6.07, 6.45) is 4.51. The van der Waals surface area contributed by atoms with E-state index in [0.717, 1.165) is 11.5 Å². The molecule has 3 aromatic heterocycles. The number of hydrogen-bond donors (Lipinski definition) is 0. The van der Waals surface area contributed by atoms with Crippen LogP contribution in [0.1, 0.15) is 5.69 Å². The van der Waals surface area contributed by atoms with Crippen molar-refractivity contribution in [3.05, 3.63) is 47.9 Å². The number of aryl methyl sites for hydroxylation is 2. The molecule has 0 spiro atoms. The first-order chi connectivity index (χ1) is 10.5. The quantitative estimate of drug-likeness (QED) is 0.550. The van der Waals surface area contributed by atoms with Crippen LogP contribution in [0, 0.1) is 6.92 Å². The molecular formula is C15H13ClN4O2. The molecule has 6 nitrogen and oxygen atoms in total. The van der Waals surface area contributed by atoms with Gasteiger partial charge in [0.15, 0.2) is 11.6 Å². The van der Waals surface area contributed by atoms with E-state index in [9.17, 15) is 4.79 Å². The molecule has 0 unspecified atom stereocenters. The van der Waals surface area contributed by atoms with Crippen LogP contribution in [0.25, 0.3) is 16.9 Å². The first-order valence-corrected chi connectivity index (χ1v) is 6.90. The number of pyridine rings is 1. The van der Waals surface area contributed by atoms with Gasteiger partial charge >= 0.3 is 5.97 Å². The van der Waals surface area contributed by atoms with E-state index in [0.29, 0.717) is 27.9 Å². The first kappa shape index (κ1) is 14.3. The topological polar surface area (TPSA) is 61.9 Å². The van der Waals surface area contributed by atoms with Crippen LogP contribution < -0.4 is 4.74 Å². The molecular weight excluding hydrogens is 304 g/mol. The lowest BCUT2D eigenvalue weighted by molar-refractivity contribution is -0.129. The number of carbonyl (C=O) groups is 1. The number of hydrogen-bond acceptors (Lipinski definition) is 4. The average molecular weight is 317 g/mol. The van der Waals surface area contributed by atoms with Gasteiger partial charge in [-0.3, -0.25) is 4.57 Å². The Kier molecular flexibility index (Phi) is 3.46. The molecule has 3 aromatic rings. The molecule has 0 N–H and O–H groups in total. The number of aromatic nitrogens is 4. The second-order valence-electron chi connectivity index (χ2n) is 4.74. The molecule has 0 aromatic carbocycles. The van der Waals surface area contributed by atoms with E-state index in [2.05, 4.69) is 16.7 Å². The predicted octanol–water partition coefficient (Wildman–Crippen LogP) is 2.81. The first-order valence-electron chi connectivity index (χ1n) is 6.52. The van der Waals surface area contributed by atoms with E-state index >= 15 is 0 Å². The van der Waals surface area contributed by atoms with Gasteiger partial charge in [0, 0.05) is 30.9 Å². The van der Waals surface area contributed by atoms with Gasteiger partial charge in [0.25, 0.3) is 0 Å². The second-order valence-corrected chi connectivity index (χ2v) is 5.18. The van der Waals surface area contributed by atoms with Crippen LogP contribution in [0.2, 0.25) is 5.02 Å². The van der Waals surface area contributed by atoms with Crippen molar-refractivity contribution in [3.8, 4) is 11.6 Å². The van der Waals surface area contributed by atoms with Crippen LogP contribution in [0.3, 0.4) is 0 Å². The lowest BCUT2D eigenvalue weighted by Crippen LogP contribution is -2.08. The van der Waals surface area contributed by atoms with E-state index in [1.807, 2.05) is 18.3 Å². The van der Waals surface area contributed by atoms with Gasteiger partial charge in [0.2, 0.25) is 0 Å². The van der Waals surface area contributed by atoms with Crippen LogP contribution in [0.4, 0.5) is 0 Å². The van der Waals surface area contributed by atoms with Crippen LogP contribution >= 0.6 is 11.6 Å². The monoisotopic (exact) mass is 316 g/mol. The maximum absolute atomic E-state index is 11.6. The number of nitrogens with zero attached hydrogens (tertiary/aromatic N) is 4. The molecule has 3 heterocycles. The number of ether oxygens (including phenoxy) is 1. The molecule has 0 fully saturated rings. The van der Waals surface area contributed by atoms with Gasteiger partial charge in [0.05, 0.1) is 5.02 Å². The lowest BCUT2D eigenvalue weighted by Gasteiger charge is -2.08. The van der Waals surface area contributed by atoms with E-state index in [4.69, 9.17) is 16.3 Å². The molecule has 0 amide bonds. The Balaban J connectivity index is 2.22. The van der Waals surface area contributed by atoms with Crippen molar-refractivity contribution in [2.45, 2.75) is 6.92 Å². The summed E-state index contributed by atoms with van der Waals surface area (Å²) in [5.74, 6) is 0.448. The summed E-state index contributed by atoms with van der Waals surface area (Å²) in [6, 6.07) is 3.70. The third-order valence-electron chi connectivity index (χ3n) is 3.23. The minimum absolute atomic E-state index is 0.377. The minimum atomic E-state index is -0.537. The zero-order valence-electron chi connectivity index (χ0n) is 12.1. The Labute approximate surface area is 131 Å². The highest BCUT2D eigenvalue weighted by atomic mass is 35.5. The fraction of sp³-hybridized carbons (Fsp3) is 0.133. The van der Waals surface area contributed by atoms with Gasteiger partial charge in [0.1, 0.15) is 11.3 Å². The molecule has 0 saturated carbocycles. The summed E-state index contributed by atoms with van der Waals surface area (Å²) in [5, 5.41) is 5.75. The van der Waals surface area contributed by atoms with Crippen molar-refractivity contribution in [2.75, 3.05) is 0 Å². The molecule has 22 heavy (non-hydrogen) atoms. The van der Waals surface area contributed by atoms with Gasteiger partial charge in [-0.05, 0) is 19.1 Å². The maximum atomic E-state index is 11.6. The second kappa shape index (κ2) is 5.31. The van der Waals surface area contributed by atoms with Crippen molar-refractivity contribution in [2.24, 2.45) is 7.05 Å². The highest BCUT2D eigenvalue weighted by molar-refractivity contribution is 6.31. The normalized spacial score (nSPS) is 10.9. The summed E-state index contributed by atoms with van der Waals surface area (Å²) in [4.78, 5) is 15.9. The molecule has 0 aliphatic rings. The van der Waals surface area contributed by atoms with Crippen molar-refractivity contribution in [1.82, 2.24) is 19.3 Å². The third-order valence-corrected chi connectivity index (χ3v) is 3.44. The standard InChI is InChI=1S/C15H13ClN4O2/c1-4-12(21)22-13-9(2)18-19(3)15(13)20-6-5-10-7-11(16)8-17-14(10)20/h4-8H,1H2,2-3H3. The van der Waals surface area contributed by atoms with Gasteiger partial charge in [-0.15, -0.1) is 0 Å². The minimum Gasteiger partial charge on any atom is -0.417 e. The Hall–Kier alpha value is -2.60. The number of esters is 1. The summed E-state index contributed by atoms with van der Waals surface area (Å²) in [6.45, 7) is 5.18. The number of halogens is 1. The van der Waals surface area contributed by atoms with Gasteiger partial charge < -0.3 is 4.74 Å². The summed E-state index contributed by atoms with van der Waals surface area (Å²) in [7, 11) is 1.77. The Morgan fingerprint density at radius 3 is 3.00 bits per heavy atom. The summed E-state index contributed by atoms with van der Waals surface area (Å²) < 4.78 is 8.77. The van der Waals surface area contributed by atoms with Crippen LogP contribution in [0.5, 0.6) is 5.75 Å². The highest BCUT2D eigenvalue weighted by Gasteiger charge is 2.20. The van der Waals surface area contributed by atoms with Crippen molar-refractivity contribution in [1.29, 1.82) is 0 Å². The lowest BCUT2D eigenvalue weighted by atomic mass is 10.3. The molecule has 0 atom stereocenters. The van der Waals surface area contributed by atoms with E-state index in [1.54, 1.807) is 29.4 Å². The van der Waals surface area contributed by atoms with Crippen LogP contribution in [-0.2, 0) is 11.8 Å². The number of rotatable bonds is 3. The number of carbonyl (C=O) groups excluding carboxylic acids is 1. The fourth-order valence-electron chi connectivity index (χ4n) is 2.32. The zero-order chi connectivity index (χ0) is 15.9. The van der Waals surface area contributed by atoms with Gasteiger partial charge in [-0.2, -0.15) is 5.10 Å². The number of fused-ring (bicyclic) bond motifs is 1. The van der Waals surface area contributed by atoms with Crippen LogP contribution in [0.15, 0.2) is 37.2 Å². The highest BCUT2D eigenvalue weighted by Crippen LogP contribution is 2.30. The molecule has 7 heteroatoms. The molecule has 3 rings (SSSR count). The zero-order valence-corrected chi connectivity index (χ0v) is 12.8. The van der Waals surface area contributed by atoms with Crippen molar-refractivity contribution < 1.29 is 9.53 Å². The summed E-state index contributed by atoms with van der Waals surface area (Å²) >= 11 is 5.96. The fourth-order valence-corrected chi connectivity index (χ4v) is 2.49. The molecule has 0 bridgehead atoms. The molecule has 0 radical (unpaired) electrons. The van der Waals surface area contributed by atoms with Gasteiger partial charge in [-0.1, -0.05) is 18.2 Å². The maximum Gasteiger partial charge on any atom is 0.335 e. The van der Waals surface area contributed by atoms with E-state index in [1.165, 1.54) is 0 Å². The van der Waals surface area contributed by atoms with Crippen molar-refractivity contribution >= 4 is 28.6 Å². The SMILES string of the molecule is C=CC(=O)Oc1c(C)nn(C)c1-n1ccc2cc(Cl)cnc21. The summed E-state index contributed by atoms with van der Waals surface area (Å²) in [5.41, 5.74) is 1.30. The predicted molar refractivity (Wildman–Crippen MR) is 83.4 cm³/mol. The molecule has 0 aliphatic heterocycles. The Bertz CT molecular complexity index is 894. The van der Waals surface area contributed by atoms with Crippen molar-refractivity contribution in [3.63, 3.8) is 0 Å². The third kappa shape index (κ3) is 2.27. The van der Waals surface area contributed by atoms with E-state index < -0.39 is 5.97 Å². The van der Waals surface area contributed by atoms with E-state index in [-0.39, 0.29) is 0 Å². The largest absolute Gasteiger partial charge is 0.417 e. The molecule has 112 valence electrons. The Morgan fingerprint density at radius 2 is 2.27 bits per heavy atom. The Morgan fingerprint density at radius 1 is 1.50 bits per heavy atom. The molecule has 0 saturated heterocycles. The average Bonchev–Trinajstić information content (AvgIpc) is 2.99. The van der Waals surface area contributed by atoms with Crippen LogP contribution in [-0.4, -0.2) is 25.3 Å². The smallest absolute Gasteiger partial charge is 0.335 e.